The third-order valence-electron chi connectivity index (χ3n) is 3.26. The molecule has 2 rings (SSSR count). The standard InChI is InChI=1S/C14H21NO2/c16-8-10-17-9-7-15-14-6-5-12-3-1-2-4-13(12)11-14/h1-4,14-16H,5-11H2. The van der Waals surface area contributed by atoms with E-state index in [-0.39, 0.29) is 6.61 Å². The van der Waals surface area contributed by atoms with E-state index in [2.05, 4.69) is 29.6 Å². The van der Waals surface area contributed by atoms with Crippen molar-refractivity contribution in [3.63, 3.8) is 0 Å². The van der Waals surface area contributed by atoms with E-state index >= 15 is 0 Å². The SMILES string of the molecule is OCCOCCNC1CCc2ccccc2C1. The van der Waals surface area contributed by atoms with Crippen molar-refractivity contribution < 1.29 is 9.84 Å². The largest absolute Gasteiger partial charge is 0.394 e. The van der Waals surface area contributed by atoms with Crippen molar-refractivity contribution in [2.75, 3.05) is 26.4 Å². The van der Waals surface area contributed by atoms with Gasteiger partial charge in [0.1, 0.15) is 0 Å². The van der Waals surface area contributed by atoms with Crippen molar-refractivity contribution in [1.29, 1.82) is 0 Å². The fraction of sp³-hybridized carbons (Fsp3) is 0.571. The zero-order valence-corrected chi connectivity index (χ0v) is 10.2. The second kappa shape index (κ2) is 6.74. The van der Waals surface area contributed by atoms with Crippen LogP contribution in [0.1, 0.15) is 17.5 Å². The van der Waals surface area contributed by atoms with Crippen molar-refractivity contribution in [1.82, 2.24) is 5.32 Å². The number of aliphatic hydroxyl groups is 1. The maximum atomic E-state index is 8.58. The molecule has 94 valence electrons. The van der Waals surface area contributed by atoms with Crippen LogP contribution in [0.4, 0.5) is 0 Å². The number of aryl methyl sites for hydroxylation is 1. The average Bonchev–Trinajstić information content (AvgIpc) is 2.38. The average molecular weight is 235 g/mol. The molecule has 1 atom stereocenters. The third-order valence-corrected chi connectivity index (χ3v) is 3.26. The van der Waals surface area contributed by atoms with Crippen LogP contribution >= 0.6 is 0 Å². The van der Waals surface area contributed by atoms with E-state index in [9.17, 15) is 0 Å². The maximum Gasteiger partial charge on any atom is 0.0698 e. The molecule has 0 fully saturated rings. The van der Waals surface area contributed by atoms with Gasteiger partial charge < -0.3 is 15.2 Å². The minimum Gasteiger partial charge on any atom is -0.394 e. The first-order valence-corrected chi connectivity index (χ1v) is 6.39. The Balaban J connectivity index is 1.71. The first-order chi connectivity index (χ1) is 8.40. The van der Waals surface area contributed by atoms with Gasteiger partial charge in [-0.2, -0.15) is 0 Å². The Morgan fingerprint density at radius 1 is 1.24 bits per heavy atom. The molecule has 1 aliphatic carbocycles. The van der Waals surface area contributed by atoms with Crippen LogP contribution in [0, 0.1) is 0 Å². The summed E-state index contributed by atoms with van der Waals surface area (Å²) in [6, 6.07) is 9.27. The molecule has 0 bridgehead atoms. The van der Waals surface area contributed by atoms with Crippen molar-refractivity contribution in [3.05, 3.63) is 35.4 Å². The molecular weight excluding hydrogens is 214 g/mol. The van der Waals surface area contributed by atoms with Gasteiger partial charge in [-0.1, -0.05) is 24.3 Å². The van der Waals surface area contributed by atoms with Crippen LogP contribution in [0.2, 0.25) is 0 Å². The summed E-state index contributed by atoms with van der Waals surface area (Å²) in [5.74, 6) is 0. The van der Waals surface area contributed by atoms with Crippen LogP contribution in [0.25, 0.3) is 0 Å². The van der Waals surface area contributed by atoms with Gasteiger partial charge in [-0.25, -0.2) is 0 Å². The van der Waals surface area contributed by atoms with E-state index in [1.807, 2.05) is 0 Å². The molecule has 0 aromatic heterocycles. The molecule has 0 amide bonds. The zero-order valence-electron chi connectivity index (χ0n) is 10.2. The van der Waals surface area contributed by atoms with E-state index in [0.29, 0.717) is 19.3 Å². The van der Waals surface area contributed by atoms with Crippen molar-refractivity contribution in [2.24, 2.45) is 0 Å². The Morgan fingerprint density at radius 3 is 2.88 bits per heavy atom. The molecule has 3 nitrogen and oxygen atoms in total. The summed E-state index contributed by atoms with van der Waals surface area (Å²) in [7, 11) is 0. The van der Waals surface area contributed by atoms with E-state index in [0.717, 1.165) is 13.0 Å². The number of fused-ring (bicyclic) bond motifs is 1. The van der Waals surface area contributed by atoms with Gasteiger partial charge >= 0.3 is 0 Å². The number of rotatable bonds is 6. The molecule has 1 aromatic carbocycles. The molecule has 3 heteroatoms. The molecule has 0 heterocycles. The van der Waals surface area contributed by atoms with E-state index in [1.165, 1.54) is 24.0 Å². The first-order valence-electron chi connectivity index (χ1n) is 6.39. The molecule has 1 aliphatic rings. The Labute approximate surface area is 103 Å². The number of ether oxygens (including phenoxy) is 1. The van der Waals surface area contributed by atoms with Gasteiger partial charge in [0.25, 0.3) is 0 Å². The van der Waals surface area contributed by atoms with Crippen LogP contribution in [0.15, 0.2) is 24.3 Å². The Kier molecular flexibility index (Phi) is 4.98. The molecule has 0 radical (unpaired) electrons. The summed E-state index contributed by atoms with van der Waals surface area (Å²) in [5, 5.41) is 12.1. The molecule has 17 heavy (non-hydrogen) atoms. The highest BCUT2D eigenvalue weighted by Gasteiger charge is 2.16. The maximum absolute atomic E-state index is 8.58. The second-order valence-electron chi connectivity index (χ2n) is 4.50. The van der Waals surface area contributed by atoms with Gasteiger partial charge in [0.05, 0.1) is 19.8 Å². The van der Waals surface area contributed by atoms with Gasteiger partial charge in [-0.15, -0.1) is 0 Å². The van der Waals surface area contributed by atoms with Crippen molar-refractivity contribution >= 4 is 0 Å². The topological polar surface area (TPSA) is 41.5 Å². The lowest BCUT2D eigenvalue weighted by Gasteiger charge is -2.25. The molecule has 1 unspecified atom stereocenters. The summed E-state index contributed by atoms with van der Waals surface area (Å²) < 4.78 is 5.23. The fourth-order valence-electron chi connectivity index (χ4n) is 2.37. The highest BCUT2D eigenvalue weighted by Crippen LogP contribution is 2.20. The van der Waals surface area contributed by atoms with Crippen LogP contribution in [0.3, 0.4) is 0 Å². The molecule has 0 saturated heterocycles. The minimum absolute atomic E-state index is 0.108. The predicted octanol–water partition coefficient (Wildman–Crippen LogP) is 1.14. The Morgan fingerprint density at radius 2 is 2.06 bits per heavy atom. The Bertz CT molecular complexity index is 341. The molecule has 2 N–H and O–H groups in total. The monoisotopic (exact) mass is 235 g/mol. The van der Waals surface area contributed by atoms with E-state index in [4.69, 9.17) is 9.84 Å². The summed E-state index contributed by atoms with van der Waals surface area (Å²) in [4.78, 5) is 0. The number of aliphatic hydroxyl groups excluding tert-OH is 1. The number of nitrogens with one attached hydrogen (secondary N) is 1. The van der Waals surface area contributed by atoms with Gasteiger partial charge in [-0.05, 0) is 30.4 Å². The van der Waals surface area contributed by atoms with Gasteiger partial charge in [-0.3, -0.25) is 0 Å². The summed E-state index contributed by atoms with van der Waals surface area (Å²) in [6.07, 6.45) is 3.50. The smallest absolute Gasteiger partial charge is 0.0698 e. The number of hydrogen-bond donors (Lipinski definition) is 2. The van der Waals surface area contributed by atoms with Crippen molar-refractivity contribution in [3.8, 4) is 0 Å². The summed E-state index contributed by atoms with van der Waals surface area (Å²) in [6.45, 7) is 2.09. The Hall–Kier alpha value is -0.900. The molecule has 0 aliphatic heterocycles. The van der Waals surface area contributed by atoms with Crippen LogP contribution in [-0.4, -0.2) is 37.5 Å². The number of benzene rings is 1. The lowest BCUT2D eigenvalue weighted by Crippen LogP contribution is -2.36. The lowest BCUT2D eigenvalue weighted by atomic mass is 9.88. The lowest BCUT2D eigenvalue weighted by molar-refractivity contribution is 0.0923. The molecule has 0 saturated carbocycles. The second-order valence-corrected chi connectivity index (χ2v) is 4.50. The quantitative estimate of drug-likeness (QED) is 0.727. The van der Waals surface area contributed by atoms with Gasteiger partial charge in [0.15, 0.2) is 0 Å². The van der Waals surface area contributed by atoms with Crippen LogP contribution in [0.5, 0.6) is 0 Å². The highest BCUT2D eigenvalue weighted by molar-refractivity contribution is 5.30. The highest BCUT2D eigenvalue weighted by atomic mass is 16.5. The molecule has 0 spiro atoms. The first kappa shape index (κ1) is 12.6. The summed E-state index contributed by atoms with van der Waals surface area (Å²) >= 11 is 0. The van der Waals surface area contributed by atoms with E-state index < -0.39 is 0 Å². The zero-order chi connectivity index (χ0) is 11.9. The number of hydrogen-bond acceptors (Lipinski definition) is 3. The van der Waals surface area contributed by atoms with Gasteiger partial charge in [0.2, 0.25) is 0 Å². The normalized spacial score (nSPS) is 19.0. The van der Waals surface area contributed by atoms with Crippen LogP contribution in [-0.2, 0) is 17.6 Å². The van der Waals surface area contributed by atoms with Gasteiger partial charge in [0, 0.05) is 12.6 Å². The molecular formula is C14H21NO2. The summed E-state index contributed by atoms with van der Waals surface area (Å²) in [5.41, 5.74) is 2.98. The van der Waals surface area contributed by atoms with E-state index in [1.54, 1.807) is 0 Å². The van der Waals surface area contributed by atoms with Crippen LogP contribution < -0.4 is 5.32 Å². The van der Waals surface area contributed by atoms with Crippen molar-refractivity contribution in [2.45, 2.75) is 25.3 Å². The fourth-order valence-corrected chi connectivity index (χ4v) is 2.37. The molecule has 1 aromatic rings. The minimum atomic E-state index is 0.108. The predicted molar refractivity (Wildman–Crippen MR) is 68.2 cm³/mol. The third kappa shape index (κ3) is 3.80.